The number of fused-ring (bicyclic) bond motifs is 4. The van der Waals surface area contributed by atoms with Crippen LogP contribution < -0.4 is 10.1 Å². The smallest absolute Gasteiger partial charge is 0.254 e. The zero-order valence-corrected chi connectivity index (χ0v) is 17.4. The molecule has 0 saturated carbocycles. The van der Waals surface area contributed by atoms with Crippen LogP contribution in [-0.4, -0.2) is 30.4 Å². The van der Waals surface area contributed by atoms with Crippen molar-refractivity contribution in [1.29, 1.82) is 0 Å². The molecule has 1 N–H and O–H groups in total. The van der Waals surface area contributed by atoms with Crippen LogP contribution in [-0.2, 0) is 17.8 Å². The predicted molar refractivity (Wildman–Crippen MR) is 118 cm³/mol. The van der Waals surface area contributed by atoms with Gasteiger partial charge in [0.25, 0.3) is 5.91 Å². The summed E-state index contributed by atoms with van der Waals surface area (Å²) in [6.45, 7) is 1.02. The van der Waals surface area contributed by atoms with Crippen molar-refractivity contribution in [2.24, 2.45) is 0 Å². The largest absolute Gasteiger partial charge is 0.497 e. The molecule has 0 unspecified atom stereocenters. The van der Waals surface area contributed by atoms with E-state index in [1.807, 2.05) is 65.6 Å². The summed E-state index contributed by atoms with van der Waals surface area (Å²) < 4.78 is 5.29. The van der Waals surface area contributed by atoms with Crippen molar-refractivity contribution in [3.63, 3.8) is 0 Å². The molecule has 0 radical (unpaired) electrons. The number of benzene rings is 3. The van der Waals surface area contributed by atoms with E-state index in [4.69, 9.17) is 4.74 Å². The van der Waals surface area contributed by atoms with Crippen molar-refractivity contribution >= 4 is 11.8 Å². The van der Waals surface area contributed by atoms with Crippen LogP contribution in [0, 0.1) is 0 Å². The molecule has 3 aromatic rings. The third-order valence-corrected chi connectivity index (χ3v) is 6.32. The van der Waals surface area contributed by atoms with Gasteiger partial charge in [0.15, 0.2) is 0 Å². The third-order valence-electron chi connectivity index (χ3n) is 6.32. The Bertz CT molecular complexity index is 1160. The Hall–Kier alpha value is -3.60. The highest BCUT2D eigenvalue weighted by molar-refractivity contribution is 6.01. The Morgan fingerprint density at radius 1 is 1.03 bits per heavy atom. The molecule has 2 atom stereocenters. The lowest BCUT2D eigenvalue weighted by atomic mass is 9.76. The fourth-order valence-electron chi connectivity index (χ4n) is 4.84. The zero-order chi connectivity index (χ0) is 21.4. The zero-order valence-electron chi connectivity index (χ0n) is 17.4. The van der Waals surface area contributed by atoms with Crippen LogP contribution in [0.15, 0.2) is 72.8 Å². The summed E-state index contributed by atoms with van der Waals surface area (Å²) in [5, 5.41) is 3.11. The van der Waals surface area contributed by atoms with Crippen molar-refractivity contribution in [3.05, 3.63) is 101 Å². The van der Waals surface area contributed by atoms with Gasteiger partial charge in [-0.2, -0.15) is 0 Å². The highest BCUT2D eigenvalue weighted by Crippen LogP contribution is 2.45. The quantitative estimate of drug-likeness (QED) is 0.708. The summed E-state index contributed by atoms with van der Waals surface area (Å²) >= 11 is 0. The molecular weight excluding hydrogens is 388 g/mol. The highest BCUT2D eigenvalue weighted by atomic mass is 16.5. The summed E-state index contributed by atoms with van der Waals surface area (Å²) in [6, 6.07) is 23.0. The number of hydrogen-bond donors (Lipinski definition) is 1. The van der Waals surface area contributed by atoms with Gasteiger partial charge in [0.1, 0.15) is 5.75 Å². The van der Waals surface area contributed by atoms with Gasteiger partial charge < -0.3 is 15.0 Å². The second-order valence-corrected chi connectivity index (χ2v) is 8.03. The first-order valence-electron chi connectivity index (χ1n) is 10.6. The molecule has 31 heavy (non-hydrogen) atoms. The molecule has 2 heterocycles. The molecule has 0 aromatic heterocycles. The van der Waals surface area contributed by atoms with Crippen LogP contribution in [0.5, 0.6) is 5.75 Å². The molecule has 0 fully saturated rings. The molecule has 5 heteroatoms. The monoisotopic (exact) mass is 412 g/mol. The van der Waals surface area contributed by atoms with E-state index >= 15 is 0 Å². The molecule has 5 nitrogen and oxygen atoms in total. The highest BCUT2D eigenvalue weighted by Gasteiger charge is 2.45. The number of ether oxygens (including phenoxy) is 1. The second-order valence-electron chi connectivity index (χ2n) is 8.03. The summed E-state index contributed by atoms with van der Waals surface area (Å²) in [6.07, 6.45) is 0.804. The first kappa shape index (κ1) is 19.4. The van der Waals surface area contributed by atoms with E-state index in [0.717, 1.165) is 28.9 Å². The number of nitrogens with zero attached hydrogens (tertiary/aromatic N) is 1. The molecule has 0 saturated heterocycles. The number of carbonyl (C=O) groups is 2. The van der Waals surface area contributed by atoms with E-state index in [2.05, 4.69) is 17.4 Å². The maximum absolute atomic E-state index is 13.6. The van der Waals surface area contributed by atoms with Crippen molar-refractivity contribution in [2.75, 3.05) is 13.7 Å². The van der Waals surface area contributed by atoms with Gasteiger partial charge >= 0.3 is 0 Å². The Morgan fingerprint density at radius 3 is 2.65 bits per heavy atom. The number of hydrogen-bond acceptors (Lipinski definition) is 3. The minimum absolute atomic E-state index is 0.00643. The Labute approximate surface area is 181 Å². The SMILES string of the molecule is COc1cccc(CNC(=O)[C@H]2c3ccccc3C(=O)N3CCc4ccccc4[C@H]23)c1. The first-order chi connectivity index (χ1) is 15.2. The molecule has 156 valence electrons. The van der Waals surface area contributed by atoms with E-state index in [1.165, 1.54) is 5.56 Å². The average Bonchev–Trinajstić information content (AvgIpc) is 2.83. The van der Waals surface area contributed by atoms with Crippen molar-refractivity contribution in [1.82, 2.24) is 10.2 Å². The fraction of sp³-hybridized carbons (Fsp3) is 0.231. The standard InChI is InChI=1S/C26H24N2O3/c1-31-19-9-6-7-17(15-19)16-27-25(29)23-21-11-4-5-12-22(21)26(30)28-14-13-18-8-2-3-10-20(18)24(23)28/h2-12,15,23-24H,13-14,16H2,1H3,(H,27,29)/t23-,24+/m0/s1. The molecular formula is C26H24N2O3. The average molecular weight is 412 g/mol. The molecule has 2 amide bonds. The third kappa shape index (κ3) is 3.36. The lowest BCUT2D eigenvalue weighted by Crippen LogP contribution is -2.50. The number of methoxy groups -OCH3 is 1. The predicted octanol–water partition coefficient (Wildman–Crippen LogP) is 3.85. The van der Waals surface area contributed by atoms with Crippen molar-refractivity contribution in [2.45, 2.75) is 24.9 Å². The van der Waals surface area contributed by atoms with Crippen LogP contribution in [0.2, 0.25) is 0 Å². The number of amides is 2. The molecule has 2 aliphatic rings. The Kier molecular flexibility index (Phi) is 4.94. The van der Waals surface area contributed by atoms with Crippen molar-refractivity contribution < 1.29 is 14.3 Å². The summed E-state index contributed by atoms with van der Waals surface area (Å²) in [7, 11) is 1.63. The van der Waals surface area contributed by atoms with Crippen LogP contribution >= 0.6 is 0 Å². The summed E-state index contributed by atoms with van der Waals surface area (Å²) in [4.78, 5) is 28.7. The molecule has 3 aromatic carbocycles. The minimum atomic E-state index is -0.457. The molecule has 2 aliphatic heterocycles. The minimum Gasteiger partial charge on any atom is -0.497 e. The van der Waals surface area contributed by atoms with E-state index < -0.39 is 5.92 Å². The van der Waals surface area contributed by atoms with Gasteiger partial charge in [0, 0.05) is 18.7 Å². The number of rotatable bonds is 4. The number of nitrogens with one attached hydrogen (secondary N) is 1. The normalized spacial score (nSPS) is 19.1. The van der Waals surface area contributed by atoms with Gasteiger partial charge in [-0.05, 0) is 46.9 Å². The van der Waals surface area contributed by atoms with E-state index in [1.54, 1.807) is 7.11 Å². The van der Waals surface area contributed by atoms with Crippen LogP contribution in [0.3, 0.4) is 0 Å². The van der Waals surface area contributed by atoms with Crippen LogP contribution in [0.25, 0.3) is 0 Å². The lowest BCUT2D eigenvalue weighted by Gasteiger charge is -2.45. The Balaban J connectivity index is 1.52. The molecule has 0 aliphatic carbocycles. The van der Waals surface area contributed by atoms with Crippen LogP contribution in [0.4, 0.5) is 0 Å². The number of carbonyl (C=O) groups excluding carboxylic acids is 2. The van der Waals surface area contributed by atoms with Gasteiger partial charge in [-0.15, -0.1) is 0 Å². The van der Waals surface area contributed by atoms with Crippen molar-refractivity contribution in [3.8, 4) is 5.75 Å². The maximum Gasteiger partial charge on any atom is 0.254 e. The van der Waals surface area contributed by atoms with E-state index in [9.17, 15) is 9.59 Å². The molecule has 0 bridgehead atoms. The summed E-state index contributed by atoms with van der Waals surface area (Å²) in [5.41, 5.74) is 4.67. The van der Waals surface area contributed by atoms with Gasteiger partial charge in [0.2, 0.25) is 5.91 Å². The lowest BCUT2D eigenvalue weighted by molar-refractivity contribution is -0.124. The fourth-order valence-corrected chi connectivity index (χ4v) is 4.84. The van der Waals surface area contributed by atoms with Gasteiger partial charge in [-0.1, -0.05) is 54.6 Å². The first-order valence-corrected chi connectivity index (χ1v) is 10.6. The van der Waals surface area contributed by atoms with Gasteiger partial charge in [0.05, 0.1) is 19.1 Å². The Morgan fingerprint density at radius 2 is 1.81 bits per heavy atom. The van der Waals surface area contributed by atoms with Gasteiger partial charge in [-0.25, -0.2) is 0 Å². The topological polar surface area (TPSA) is 58.6 Å². The molecule has 5 rings (SSSR count). The molecule has 0 spiro atoms. The second kappa shape index (κ2) is 7.91. The van der Waals surface area contributed by atoms with E-state index in [-0.39, 0.29) is 17.9 Å². The summed E-state index contributed by atoms with van der Waals surface area (Å²) in [5.74, 6) is 0.232. The maximum atomic E-state index is 13.6. The van der Waals surface area contributed by atoms with Crippen LogP contribution in [0.1, 0.15) is 44.6 Å². The van der Waals surface area contributed by atoms with E-state index in [0.29, 0.717) is 18.7 Å². The van der Waals surface area contributed by atoms with Gasteiger partial charge in [-0.3, -0.25) is 9.59 Å².